The Morgan fingerprint density at radius 3 is 1.29 bits per heavy atom. The van der Waals surface area contributed by atoms with Crippen molar-refractivity contribution in [2.75, 3.05) is 52.9 Å². The van der Waals surface area contributed by atoms with Crippen molar-refractivity contribution in [3.63, 3.8) is 0 Å². The highest BCUT2D eigenvalue weighted by molar-refractivity contribution is 5.89. The van der Waals surface area contributed by atoms with Crippen LogP contribution in [0.3, 0.4) is 0 Å². The molecule has 0 amide bonds. The molecule has 10 aromatic rings. The van der Waals surface area contributed by atoms with Gasteiger partial charge in [-0.05, 0) is 153 Å². The van der Waals surface area contributed by atoms with E-state index in [1.807, 2.05) is 204 Å². The second kappa shape index (κ2) is 36.4. The summed E-state index contributed by atoms with van der Waals surface area (Å²) in [5.74, 6) is 3.26. The third-order valence-corrected chi connectivity index (χ3v) is 16.5. The Hall–Kier alpha value is -9.80. The van der Waals surface area contributed by atoms with Gasteiger partial charge in [0.1, 0.15) is 77.5 Å². The summed E-state index contributed by atoms with van der Waals surface area (Å²) in [6.07, 6.45) is 5.11. The summed E-state index contributed by atoms with van der Waals surface area (Å²) in [5, 5.41) is 0.684. The molecule has 2 heterocycles. The quantitative estimate of drug-likeness (QED) is 0.0331. The summed E-state index contributed by atoms with van der Waals surface area (Å²) in [7, 11) is 0. The standard InChI is InChI=1S/C82H86O15/c1-57-47-72(95-56-64-29-15-8-16-30-64)76-73(48-57)96-80(66-36-35-58(2)71(51-66)94-55-63-27-13-7-14-28-63)82(78(76)86)91-42-22-34-68(84)32-18-20-40-88-44-46-89-45-43-87-39-19-17-31-67(83)33-21-41-90-81-77(85)75-60(4)50-69(92-53-61-23-9-5-10-24-61)52-74(75)97-79(81)65-37-38-70(59(3)49-65)93-54-62-25-11-6-12-26-62/h5-16,23-30,35-38,47-52H,17-22,31-34,39-46,53-56H2,1-4H3. The van der Waals surface area contributed by atoms with Gasteiger partial charge in [0.2, 0.25) is 22.4 Å². The Bertz CT molecular complexity index is 4300. The Morgan fingerprint density at radius 1 is 0.340 bits per heavy atom. The van der Waals surface area contributed by atoms with Gasteiger partial charge < -0.3 is 51.5 Å². The first-order valence-corrected chi connectivity index (χ1v) is 33.6. The second-order valence-corrected chi connectivity index (χ2v) is 24.2. The first kappa shape index (κ1) is 70.0. The monoisotopic (exact) mass is 1310 g/mol. The number of aryl methyl sites for hydroxylation is 4. The molecule has 0 bridgehead atoms. The predicted molar refractivity (Wildman–Crippen MR) is 378 cm³/mol. The number of fused-ring (bicyclic) bond motifs is 2. The fourth-order valence-electron chi connectivity index (χ4n) is 11.2. The maximum Gasteiger partial charge on any atom is 0.239 e. The number of ether oxygens (including phenoxy) is 9. The molecule has 97 heavy (non-hydrogen) atoms. The van der Waals surface area contributed by atoms with Gasteiger partial charge in [-0.3, -0.25) is 19.2 Å². The number of carbonyl (C=O) groups excluding carboxylic acids is 2. The lowest BCUT2D eigenvalue weighted by molar-refractivity contribution is -0.120. The van der Waals surface area contributed by atoms with Gasteiger partial charge in [0.25, 0.3) is 0 Å². The van der Waals surface area contributed by atoms with Gasteiger partial charge in [0, 0.05) is 56.1 Å². The first-order valence-electron chi connectivity index (χ1n) is 33.6. The molecule has 0 saturated carbocycles. The Morgan fingerprint density at radius 2 is 0.773 bits per heavy atom. The minimum atomic E-state index is -0.365. The fraction of sp³-hybridized carbons (Fsp3) is 0.317. The lowest BCUT2D eigenvalue weighted by atomic mass is 10.0. The number of benzene rings is 8. The molecule has 8 aromatic carbocycles. The molecule has 0 saturated heterocycles. The van der Waals surface area contributed by atoms with Crippen molar-refractivity contribution in [2.45, 2.75) is 118 Å². The van der Waals surface area contributed by atoms with E-state index in [0.717, 1.165) is 51.8 Å². The zero-order valence-corrected chi connectivity index (χ0v) is 56.0. The van der Waals surface area contributed by atoms with Crippen LogP contribution in [-0.2, 0) is 50.2 Å². The van der Waals surface area contributed by atoms with E-state index in [-0.39, 0.29) is 64.9 Å². The number of ketones is 2. The fourth-order valence-corrected chi connectivity index (χ4v) is 11.2. The summed E-state index contributed by atoms with van der Waals surface area (Å²) in [6.45, 7) is 12.1. The van der Waals surface area contributed by atoms with Crippen molar-refractivity contribution in [1.82, 2.24) is 0 Å². The lowest BCUT2D eigenvalue weighted by Crippen LogP contribution is -2.13. The van der Waals surface area contributed by atoms with Gasteiger partial charge >= 0.3 is 0 Å². The highest BCUT2D eigenvalue weighted by atomic mass is 16.5. The second-order valence-electron chi connectivity index (χ2n) is 24.2. The van der Waals surface area contributed by atoms with Crippen molar-refractivity contribution in [3.8, 4) is 57.1 Å². The molecule has 0 aliphatic rings. The van der Waals surface area contributed by atoms with Gasteiger partial charge in [-0.1, -0.05) is 133 Å². The van der Waals surface area contributed by atoms with E-state index in [9.17, 15) is 19.2 Å². The van der Waals surface area contributed by atoms with Crippen molar-refractivity contribution in [2.24, 2.45) is 0 Å². The van der Waals surface area contributed by atoms with Crippen LogP contribution in [0.1, 0.15) is 109 Å². The molecule has 0 atom stereocenters. The molecule has 0 spiro atoms. The van der Waals surface area contributed by atoms with E-state index in [1.54, 1.807) is 6.07 Å². The number of hydrogen-bond acceptors (Lipinski definition) is 15. The SMILES string of the molecule is Cc1cc(OCc2ccccc2)c2c(=O)c(OCCCC(=O)CCCCOCCOCCOCCCCC(=O)CCCOc3c(-c4ccc(OCc5ccccc5)c(C)c4)oc4cc(OCc5ccccc5)cc(C)c4c3=O)c(-c3ccc(C)c(OCc4ccccc4)c3)oc2c1. The number of carbonyl (C=O) groups is 2. The average Bonchev–Trinajstić information content (AvgIpc) is 0.768. The number of hydrogen-bond donors (Lipinski definition) is 0. The van der Waals surface area contributed by atoms with Crippen LogP contribution in [0.4, 0.5) is 0 Å². The minimum absolute atomic E-state index is 0.0434. The van der Waals surface area contributed by atoms with Gasteiger partial charge in [-0.15, -0.1) is 0 Å². The van der Waals surface area contributed by atoms with Crippen molar-refractivity contribution < 1.29 is 61.1 Å². The molecule has 0 aliphatic heterocycles. The van der Waals surface area contributed by atoms with Crippen LogP contribution < -0.4 is 39.3 Å². The van der Waals surface area contributed by atoms with Crippen LogP contribution in [0, 0.1) is 27.7 Å². The third-order valence-electron chi connectivity index (χ3n) is 16.5. The highest BCUT2D eigenvalue weighted by Crippen LogP contribution is 2.39. The number of rotatable bonds is 40. The zero-order valence-electron chi connectivity index (χ0n) is 56.0. The molecule has 0 unspecified atom stereocenters. The van der Waals surface area contributed by atoms with Crippen LogP contribution in [0.25, 0.3) is 44.6 Å². The summed E-state index contributed by atoms with van der Waals surface area (Å²) >= 11 is 0. The normalized spacial score (nSPS) is 11.3. The molecule has 504 valence electrons. The molecule has 0 radical (unpaired) electrons. The van der Waals surface area contributed by atoms with Crippen molar-refractivity contribution in [1.29, 1.82) is 0 Å². The Labute approximate surface area is 567 Å². The van der Waals surface area contributed by atoms with Gasteiger partial charge in [-0.2, -0.15) is 0 Å². The molecule has 2 aromatic heterocycles. The van der Waals surface area contributed by atoms with Crippen molar-refractivity contribution >= 4 is 33.5 Å². The van der Waals surface area contributed by atoms with Crippen molar-refractivity contribution in [3.05, 3.63) is 247 Å². The minimum Gasteiger partial charge on any atom is -0.489 e. The molecule has 0 aliphatic carbocycles. The van der Waals surface area contributed by atoms with E-state index in [4.69, 9.17) is 51.5 Å². The lowest BCUT2D eigenvalue weighted by Gasteiger charge is -2.16. The maximum atomic E-state index is 14.6. The predicted octanol–water partition coefficient (Wildman–Crippen LogP) is 17.3. The van der Waals surface area contributed by atoms with Crippen LogP contribution in [-0.4, -0.2) is 64.4 Å². The summed E-state index contributed by atoms with van der Waals surface area (Å²) < 4.78 is 67.9. The van der Waals surface area contributed by atoms with Gasteiger partial charge in [0.05, 0.1) is 45.0 Å². The molecule has 0 N–H and O–H groups in total. The van der Waals surface area contributed by atoms with Gasteiger partial charge in [0.15, 0.2) is 11.5 Å². The maximum absolute atomic E-state index is 14.6. The van der Waals surface area contributed by atoms with E-state index in [2.05, 4.69) is 0 Å². The van der Waals surface area contributed by atoms with Crippen LogP contribution in [0.15, 0.2) is 200 Å². The molecule has 0 fully saturated rings. The van der Waals surface area contributed by atoms with Crippen LogP contribution in [0.2, 0.25) is 0 Å². The third kappa shape index (κ3) is 20.6. The number of Topliss-reactive ketones (excluding diaryl/α,β-unsaturated/α-hetero) is 2. The van der Waals surface area contributed by atoms with E-state index >= 15 is 0 Å². The average molecular weight is 1310 g/mol. The summed E-state index contributed by atoms with van der Waals surface area (Å²) in [6, 6.07) is 58.1. The van der Waals surface area contributed by atoms with E-state index in [0.29, 0.717) is 173 Å². The zero-order chi connectivity index (χ0) is 67.6. The topological polar surface area (TPSA) is 178 Å². The summed E-state index contributed by atoms with van der Waals surface area (Å²) in [5.41, 5.74) is 8.76. The van der Waals surface area contributed by atoms with E-state index in [1.165, 1.54) is 0 Å². The smallest absolute Gasteiger partial charge is 0.239 e. The van der Waals surface area contributed by atoms with E-state index < -0.39 is 0 Å². The van der Waals surface area contributed by atoms with Crippen LogP contribution >= 0.6 is 0 Å². The molecule has 15 nitrogen and oxygen atoms in total. The van der Waals surface area contributed by atoms with Crippen LogP contribution in [0.5, 0.6) is 34.5 Å². The molecular weight excluding hydrogens is 1220 g/mol. The van der Waals surface area contributed by atoms with Gasteiger partial charge in [-0.25, -0.2) is 0 Å². The first-order chi connectivity index (χ1) is 47.4. The Balaban J connectivity index is 0.602. The Kier molecular flexibility index (Phi) is 26.2. The summed E-state index contributed by atoms with van der Waals surface area (Å²) in [4.78, 5) is 55.0. The molecular formula is C82H86O15. The molecule has 15 heteroatoms. The number of unbranched alkanes of at least 4 members (excludes halogenated alkanes) is 2. The molecule has 10 rings (SSSR count). The highest BCUT2D eigenvalue weighted by Gasteiger charge is 2.24. The largest absolute Gasteiger partial charge is 0.489 e.